The highest BCUT2D eigenvalue weighted by Gasteiger charge is 2.24. The molecule has 1 aliphatic carbocycles. The molecule has 0 unspecified atom stereocenters. The molecule has 0 saturated heterocycles. The van der Waals surface area contributed by atoms with E-state index in [1.165, 1.54) is 0 Å². The number of amides is 1. The second-order valence-corrected chi connectivity index (χ2v) is 5.36. The molecule has 1 saturated carbocycles. The van der Waals surface area contributed by atoms with Crippen molar-refractivity contribution in [2.45, 2.75) is 52.4 Å². The van der Waals surface area contributed by atoms with Crippen LogP contribution in [0.15, 0.2) is 18.2 Å². The molecule has 2 rings (SSSR count). The molecule has 1 aromatic carbocycles. The molecule has 0 spiro atoms. The number of nitrogens with one attached hydrogen (secondary N) is 1. The standard InChI is InChI=1S/C16H23NO3/c1-4-19-15-8-5-12(16(18)17-14-6-7-14)9-13(15)10-20-11(2)3/h5,8-9,11,14H,4,6-7,10H2,1-3H3,(H,17,18). The quantitative estimate of drug-likeness (QED) is 0.833. The number of hydrogen-bond acceptors (Lipinski definition) is 3. The molecular formula is C16H23NO3. The monoisotopic (exact) mass is 277 g/mol. The third-order valence-electron chi connectivity index (χ3n) is 3.11. The topological polar surface area (TPSA) is 47.6 Å². The Balaban J connectivity index is 2.12. The molecule has 4 heteroatoms. The van der Waals surface area contributed by atoms with E-state index in [0.29, 0.717) is 24.8 Å². The molecule has 0 heterocycles. The second-order valence-electron chi connectivity index (χ2n) is 5.36. The minimum atomic E-state index is -0.0126. The molecule has 1 aliphatic rings. The van der Waals surface area contributed by atoms with Crippen LogP contribution in [0.2, 0.25) is 0 Å². The number of rotatable bonds is 7. The zero-order chi connectivity index (χ0) is 14.5. The van der Waals surface area contributed by atoms with E-state index in [1.54, 1.807) is 0 Å². The van der Waals surface area contributed by atoms with Crippen molar-refractivity contribution in [3.05, 3.63) is 29.3 Å². The lowest BCUT2D eigenvalue weighted by Gasteiger charge is -2.14. The maximum Gasteiger partial charge on any atom is 0.251 e. The van der Waals surface area contributed by atoms with E-state index in [4.69, 9.17) is 9.47 Å². The van der Waals surface area contributed by atoms with E-state index in [0.717, 1.165) is 24.2 Å². The highest BCUT2D eigenvalue weighted by molar-refractivity contribution is 5.95. The molecule has 1 amide bonds. The fourth-order valence-corrected chi connectivity index (χ4v) is 1.88. The fraction of sp³-hybridized carbons (Fsp3) is 0.562. The van der Waals surface area contributed by atoms with Crippen LogP contribution in [0.5, 0.6) is 5.75 Å². The summed E-state index contributed by atoms with van der Waals surface area (Å²) in [7, 11) is 0. The van der Waals surface area contributed by atoms with Crippen LogP contribution in [-0.4, -0.2) is 24.7 Å². The Kier molecular flexibility index (Phi) is 5.01. The Hall–Kier alpha value is -1.55. The van der Waals surface area contributed by atoms with E-state index in [2.05, 4.69) is 5.32 Å². The van der Waals surface area contributed by atoms with Crippen LogP contribution in [0.25, 0.3) is 0 Å². The molecule has 1 fully saturated rings. The van der Waals surface area contributed by atoms with Crippen molar-refractivity contribution in [1.82, 2.24) is 5.32 Å². The molecule has 0 atom stereocenters. The van der Waals surface area contributed by atoms with Gasteiger partial charge in [0.15, 0.2) is 0 Å². The van der Waals surface area contributed by atoms with Crippen LogP contribution >= 0.6 is 0 Å². The molecule has 1 N–H and O–H groups in total. The number of carbonyl (C=O) groups is 1. The van der Waals surface area contributed by atoms with Crippen LogP contribution in [-0.2, 0) is 11.3 Å². The van der Waals surface area contributed by atoms with Gasteiger partial charge >= 0.3 is 0 Å². The lowest BCUT2D eigenvalue weighted by molar-refractivity contribution is 0.0641. The smallest absolute Gasteiger partial charge is 0.251 e. The molecule has 4 nitrogen and oxygen atoms in total. The summed E-state index contributed by atoms with van der Waals surface area (Å²) in [6.07, 6.45) is 2.33. The van der Waals surface area contributed by atoms with Crippen molar-refractivity contribution >= 4 is 5.91 Å². The van der Waals surface area contributed by atoms with Gasteiger partial charge in [0.25, 0.3) is 5.91 Å². The van der Waals surface area contributed by atoms with Crippen molar-refractivity contribution in [1.29, 1.82) is 0 Å². The lowest BCUT2D eigenvalue weighted by atomic mass is 10.1. The van der Waals surface area contributed by atoms with Crippen LogP contribution in [0.3, 0.4) is 0 Å². The van der Waals surface area contributed by atoms with Gasteiger partial charge in [0.2, 0.25) is 0 Å². The van der Waals surface area contributed by atoms with E-state index >= 15 is 0 Å². The molecule has 0 radical (unpaired) electrons. The minimum absolute atomic E-state index is 0.0126. The summed E-state index contributed by atoms with van der Waals surface area (Å²) in [4.78, 5) is 12.1. The summed E-state index contributed by atoms with van der Waals surface area (Å²) < 4.78 is 11.2. The van der Waals surface area contributed by atoms with Gasteiger partial charge in [-0.2, -0.15) is 0 Å². The van der Waals surface area contributed by atoms with Crippen molar-refractivity contribution in [3.63, 3.8) is 0 Å². The first-order valence-corrected chi connectivity index (χ1v) is 7.28. The lowest BCUT2D eigenvalue weighted by Crippen LogP contribution is -2.25. The summed E-state index contributed by atoms with van der Waals surface area (Å²) in [6.45, 7) is 6.98. The van der Waals surface area contributed by atoms with Gasteiger partial charge in [0, 0.05) is 17.2 Å². The maximum atomic E-state index is 12.1. The summed E-state index contributed by atoms with van der Waals surface area (Å²) in [5, 5.41) is 2.99. The predicted molar refractivity (Wildman–Crippen MR) is 78.0 cm³/mol. The second kappa shape index (κ2) is 6.75. The third kappa shape index (κ3) is 4.23. The highest BCUT2D eigenvalue weighted by atomic mass is 16.5. The Labute approximate surface area is 120 Å². The van der Waals surface area contributed by atoms with Crippen LogP contribution in [0.4, 0.5) is 0 Å². The van der Waals surface area contributed by atoms with E-state index in [-0.39, 0.29) is 12.0 Å². The Morgan fingerprint density at radius 3 is 2.75 bits per heavy atom. The van der Waals surface area contributed by atoms with E-state index in [1.807, 2.05) is 39.0 Å². The van der Waals surface area contributed by atoms with Crippen molar-refractivity contribution in [2.24, 2.45) is 0 Å². The number of carbonyl (C=O) groups excluding carboxylic acids is 1. The number of ether oxygens (including phenoxy) is 2. The van der Waals surface area contributed by atoms with Gasteiger partial charge < -0.3 is 14.8 Å². The number of hydrogen-bond donors (Lipinski definition) is 1. The first-order chi connectivity index (χ1) is 9.60. The zero-order valence-corrected chi connectivity index (χ0v) is 12.4. The summed E-state index contributed by atoms with van der Waals surface area (Å²) in [5.41, 5.74) is 1.59. The van der Waals surface area contributed by atoms with E-state index in [9.17, 15) is 4.79 Å². The molecule has 1 aromatic rings. The first-order valence-electron chi connectivity index (χ1n) is 7.28. The van der Waals surface area contributed by atoms with Crippen molar-refractivity contribution < 1.29 is 14.3 Å². The molecule has 0 aromatic heterocycles. The van der Waals surface area contributed by atoms with Gasteiger partial charge in [-0.3, -0.25) is 4.79 Å². The summed E-state index contributed by atoms with van der Waals surface area (Å²) >= 11 is 0. The number of benzene rings is 1. The predicted octanol–water partition coefficient (Wildman–Crippen LogP) is 2.90. The molecule has 110 valence electrons. The Morgan fingerprint density at radius 2 is 2.15 bits per heavy atom. The van der Waals surface area contributed by atoms with Gasteiger partial charge in [-0.05, 0) is 51.8 Å². The maximum absolute atomic E-state index is 12.1. The SMILES string of the molecule is CCOc1ccc(C(=O)NC2CC2)cc1COC(C)C. The van der Waals surface area contributed by atoms with Crippen molar-refractivity contribution in [3.8, 4) is 5.75 Å². The van der Waals surface area contributed by atoms with Gasteiger partial charge in [-0.1, -0.05) is 0 Å². The third-order valence-corrected chi connectivity index (χ3v) is 3.11. The van der Waals surface area contributed by atoms with Crippen LogP contribution in [0.1, 0.15) is 49.5 Å². The normalized spacial score (nSPS) is 14.4. The minimum Gasteiger partial charge on any atom is -0.494 e. The molecular weight excluding hydrogens is 254 g/mol. The molecule has 20 heavy (non-hydrogen) atoms. The van der Waals surface area contributed by atoms with Crippen molar-refractivity contribution in [2.75, 3.05) is 6.61 Å². The Morgan fingerprint density at radius 1 is 1.40 bits per heavy atom. The summed E-state index contributed by atoms with van der Waals surface area (Å²) in [5.74, 6) is 0.775. The van der Waals surface area contributed by atoms with E-state index < -0.39 is 0 Å². The average molecular weight is 277 g/mol. The largest absolute Gasteiger partial charge is 0.494 e. The van der Waals surface area contributed by atoms with Crippen LogP contribution in [0, 0.1) is 0 Å². The molecule has 0 aliphatic heterocycles. The Bertz CT molecular complexity index is 467. The zero-order valence-electron chi connectivity index (χ0n) is 12.4. The average Bonchev–Trinajstić information content (AvgIpc) is 3.21. The fourth-order valence-electron chi connectivity index (χ4n) is 1.88. The highest BCUT2D eigenvalue weighted by Crippen LogP contribution is 2.23. The van der Waals surface area contributed by atoms with Gasteiger partial charge in [0.1, 0.15) is 5.75 Å². The first kappa shape index (κ1) is 14.9. The van der Waals surface area contributed by atoms with Crippen LogP contribution < -0.4 is 10.1 Å². The molecule has 0 bridgehead atoms. The summed E-state index contributed by atoms with van der Waals surface area (Å²) in [6, 6.07) is 5.89. The van der Waals surface area contributed by atoms with Gasteiger partial charge in [0.05, 0.1) is 19.3 Å². The van der Waals surface area contributed by atoms with Gasteiger partial charge in [-0.25, -0.2) is 0 Å². The van der Waals surface area contributed by atoms with Gasteiger partial charge in [-0.15, -0.1) is 0 Å².